The molecule has 0 aromatic carbocycles. The number of anilines is 2. The topological polar surface area (TPSA) is 59.1 Å². The summed E-state index contributed by atoms with van der Waals surface area (Å²) in [6, 6.07) is 0.491. The van der Waals surface area contributed by atoms with Crippen molar-refractivity contribution in [3.8, 4) is 0 Å². The quantitative estimate of drug-likeness (QED) is 0.855. The Hall–Kier alpha value is -1.23. The van der Waals surface area contributed by atoms with E-state index in [1.54, 1.807) is 0 Å². The molecule has 2 atom stereocenters. The number of aromatic nitrogens is 2. The molecule has 2 heterocycles. The lowest BCUT2D eigenvalue weighted by atomic mass is 9.94. The van der Waals surface area contributed by atoms with Crippen molar-refractivity contribution in [3.63, 3.8) is 0 Å². The molecule has 0 saturated carbocycles. The highest BCUT2D eigenvalue weighted by Gasteiger charge is 2.26. The van der Waals surface area contributed by atoms with Crippen LogP contribution in [0.3, 0.4) is 0 Å². The van der Waals surface area contributed by atoms with E-state index in [1.807, 2.05) is 11.6 Å². The van der Waals surface area contributed by atoms with Crippen molar-refractivity contribution >= 4 is 11.5 Å². The summed E-state index contributed by atoms with van der Waals surface area (Å²) in [4.78, 5) is 2.38. The molecular weight excluding hydrogens is 226 g/mol. The second kappa shape index (κ2) is 5.18. The van der Waals surface area contributed by atoms with Crippen molar-refractivity contribution in [2.24, 2.45) is 5.92 Å². The molecule has 5 heteroatoms. The predicted octanol–water partition coefficient (Wildman–Crippen LogP) is 1.55. The first kappa shape index (κ1) is 13.2. The van der Waals surface area contributed by atoms with Crippen molar-refractivity contribution in [1.29, 1.82) is 0 Å². The van der Waals surface area contributed by atoms with E-state index < -0.39 is 0 Å². The molecule has 1 aromatic heterocycles. The van der Waals surface area contributed by atoms with E-state index in [1.165, 1.54) is 0 Å². The van der Waals surface area contributed by atoms with Crippen LogP contribution in [0.2, 0.25) is 0 Å². The molecule has 102 valence electrons. The van der Waals surface area contributed by atoms with Gasteiger partial charge >= 0.3 is 0 Å². The highest BCUT2D eigenvalue weighted by molar-refractivity contribution is 5.65. The first-order chi connectivity index (χ1) is 8.52. The molecule has 1 saturated heterocycles. The molecule has 2 rings (SSSR count). The fourth-order valence-electron chi connectivity index (χ4n) is 2.72. The summed E-state index contributed by atoms with van der Waals surface area (Å²) >= 11 is 0. The number of nitrogens with one attached hydrogen (secondary N) is 1. The average molecular weight is 251 g/mol. The molecule has 2 unspecified atom stereocenters. The number of nitrogens with zero attached hydrogens (tertiary/aromatic N) is 3. The number of aryl methyl sites for hydroxylation is 2. The molecule has 18 heavy (non-hydrogen) atoms. The van der Waals surface area contributed by atoms with Crippen LogP contribution in [0, 0.1) is 12.8 Å². The number of hydrogen-bond donors (Lipinski definition) is 2. The number of rotatable bonds is 3. The fourth-order valence-corrected chi connectivity index (χ4v) is 2.72. The summed E-state index contributed by atoms with van der Waals surface area (Å²) in [5, 5.41) is 8.06. The summed E-state index contributed by atoms with van der Waals surface area (Å²) < 4.78 is 1.97. The van der Waals surface area contributed by atoms with Crippen LogP contribution in [0.1, 0.15) is 26.0 Å². The zero-order valence-electron chi connectivity index (χ0n) is 11.9. The highest BCUT2D eigenvalue weighted by Crippen LogP contribution is 2.26. The van der Waals surface area contributed by atoms with Crippen molar-refractivity contribution < 1.29 is 0 Å². The smallest absolute Gasteiger partial charge is 0.148 e. The van der Waals surface area contributed by atoms with E-state index >= 15 is 0 Å². The minimum Gasteiger partial charge on any atom is -0.394 e. The fraction of sp³-hybridized carbons (Fsp3) is 0.769. The number of likely N-dealkylation sites (tertiary alicyclic amines) is 1. The second-order valence-corrected chi connectivity index (χ2v) is 5.44. The van der Waals surface area contributed by atoms with Gasteiger partial charge in [0.05, 0.1) is 11.4 Å². The second-order valence-electron chi connectivity index (χ2n) is 5.44. The van der Waals surface area contributed by atoms with Gasteiger partial charge in [-0.15, -0.1) is 0 Å². The Morgan fingerprint density at radius 1 is 1.50 bits per heavy atom. The van der Waals surface area contributed by atoms with E-state index in [2.05, 4.69) is 36.2 Å². The van der Waals surface area contributed by atoms with Gasteiger partial charge in [0.1, 0.15) is 5.82 Å². The first-order valence-corrected chi connectivity index (χ1v) is 6.80. The maximum absolute atomic E-state index is 6.11. The predicted molar refractivity (Wildman–Crippen MR) is 75.7 cm³/mol. The van der Waals surface area contributed by atoms with Crippen molar-refractivity contribution in [3.05, 3.63) is 5.69 Å². The summed E-state index contributed by atoms with van der Waals surface area (Å²) in [6.45, 7) is 9.47. The zero-order chi connectivity index (χ0) is 13.3. The Bertz CT molecular complexity index is 412. The Morgan fingerprint density at radius 3 is 2.83 bits per heavy atom. The lowest BCUT2D eigenvalue weighted by Gasteiger charge is -2.35. The van der Waals surface area contributed by atoms with Gasteiger partial charge in [0.15, 0.2) is 0 Å². The van der Waals surface area contributed by atoms with Gasteiger partial charge in [0.2, 0.25) is 0 Å². The molecule has 0 bridgehead atoms. The maximum atomic E-state index is 6.11. The maximum Gasteiger partial charge on any atom is 0.148 e. The van der Waals surface area contributed by atoms with Crippen LogP contribution in [0.25, 0.3) is 0 Å². The Balaban J connectivity index is 2.14. The molecular formula is C13H25N5. The minimum absolute atomic E-state index is 0.491. The highest BCUT2D eigenvalue weighted by atomic mass is 15.3. The third kappa shape index (κ3) is 2.46. The lowest BCUT2D eigenvalue weighted by molar-refractivity contribution is 0.205. The van der Waals surface area contributed by atoms with Gasteiger partial charge in [0, 0.05) is 19.1 Å². The number of nitrogens with two attached hydrogens (primary N) is 1. The largest absolute Gasteiger partial charge is 0.394 e. The standard InChI is InChI=1S/C13H25N5/c1-5-18-13(12(14)10(3)16-18)15-11-6-7-17(4)8-9(11)2/h9,11,15H,5-8,14H2,1-4H3. The Labute approximate surface area is 109 Å². The Morgan fingerprint density at radius 2 is 2.22 bits per heavy atom. The van der Waals surface area contributed by atoms with Crippen LogP contribution in [-0.2, 0) is 6.54 Å². The molecule has 3 N–H and O–H groups in total. The van der Waals surface area contributed by atoms with E-state index in [9.17, 15) is 0 Å². The van der Waals surface area contributed by atoms with Gasteiger partial charge in [-0.1, -0.05) is 6.92 Å². The van der Waals surface area contributed by atoms with Gasteiger partial charge in [-0.3, -0.25) is 0 Å². The Kier molecular flexibility index (Phi) is 3.80. The van der Waals surface area contributed by atoms with Crippen molar-refractivity contribution in [2.45, 2.75) is 39.8 Å². The van der Waals surface area contributed by atoms with E-state index in [-0.39, 0.29) is 0 Å². The first-order valence-electron chi connectivity index (χ1n) is 6.80. The van der Waals surface area contributed by atoms with Crippen LogP contribution < -0.4 is 11.1 Å². The molecule has 5 nitrogen and oxygen atoms in total. The van der Waals surface area contributed by atoms with Gasteiger partial charge in [-0.05, 0) is 39.8 Å². The summed E-state index contributed by atoms with van der Waals surface area (Å²) in [7, 11) is 2.18. The van der Waals surface area contributed by atoms with E-state index in [0.717, 1.165) is 43.3 Å². The van der Waals surface area contributed by atoms with Crippen LogP contribution in [0.4, 0.5) is 11.5 Å². The molecule has 0 radical (unpaired) electrons. The van der Waals surface area contributed by atoms with Crippen LogP contribution in [-0.4, -0.2) is 40.9 Å². The van der Waals surface area contributed by atoms with Gasteiger partial charge in [0.25, 0.3) is 0 Å². The third-order valence-corrected chi connectivity index (χ3v) is 3.90. The molecule has 1 aromatic rings. The van der Waals surface area contributed by atoms with Gasteiger partial charge in [-0.2, -0.15) is 5.10 Å². The summed E-state index contributed by atoms with van der Waals surface area (Å²) in [6.07, 6.45) is 1.16. The number of nitrogen functional groups attached to an aromatic ring is 1. The minimum atomic E-state index is 0.491. The summed E-state index contributed by atoms with van der Waals surface area (Å²) in [5.41, 5.74) is 7.82. The number of hydrogen-bond acceptors (Lipinski definition) is 4. The van der Waals surface area contributed by atoms with Crippen molar-refractivity contribution in [2.75, 3.05) is 31.2 Å². The van der Waals surface area contributed by atoms with Gasteiger partial charge in [-0.25, -0.2) is 4.68 Å². The molecule has 1 aliphatic heterocycles. The average Bonchev–Trinajstić information content (AvgIpc) is 2.60. The van der Waals surface area contributed by atoms with E-state index in [0.29, 0.717) is 12.0 Å². The van der Waals surface area contributed by atoms with Gasteiger partial charge < -0.3 is 16.0 Å². The SMILES string of the molecule is CCn1nc(C)c(N)c1NC1CCN(C)CC1C. The monoisotopic (exact) mass is 251 g/mol. The molecule has 1 fully saturated rings. The molecule has 1 aliphatic rings. The lowest BCUT2D eigenvalue weighted by Crippen LogP contribution is -2.43. The zero-order valence-corrected chi connectivity index (χ0v) is 11.9. The summed E-state index contributed by atoms with van der Waals surface area (Å²) in [5.74, 6) is 1.63. The van der Waals surface area contributed by atoms with Crippen LogP contribution in [0.5, 0.6) is 0 Å². The molecule has 0 spiro atoms. The normalized spacial score (nSPS) is 25.3. The van der Waals surface area contributed by atoms with Crippen LogP contribution in [0.15, 0.2) is 0 Å². The molecule has 0 amide bonds. The third-order valence-electron chi connectivity index (χ3n) is 3.90. The number of piperidine rings is 1. The van der Waals surface area contributed by atoms with Crippen LogP contribution >= 0.6 is 0 Å². The molecule has 0 aliphatic carbocycles. The van der Waals surface area contributed by atoms with E-state index in [4.69, 9.17) is 5.73 Å². The van der Waals surface area contributed by atoms with Crippen molar-refractivity contribution in [1.82, 2.24) is 14.7 Å².